The highest BCUT2D eigenvalue weighted by Gasteiger charge is 2.31. The van der Waals surface area contributed by atoms with Crippen LogP contribution in [0.5, 0.6) is 0 Å². The van der Waals surface area contributed by atoms with E-state index >= 15 is 0 Å². The first-order chi connectivity index (χ1) is 9.95. The molecule has 0 saturated carbocycles. The lowest BCUT2D eigenvalue weighted by Crippen LogP contribution is -2.24. The lowest BCUT2D eigenvalue weighted by Gasteiger charge is -2.07. The van der Waals surface area contributed by atoms with Gasteiger partial charge in [0.15, 0.2) is 0 Å². The van der Waals surface area contributed by atoms with Crippen molar-refractivity contribution >= 4 is 41.1 Å². The summed E-state index contributed by atoms with van der Waals surface area (Å²) in [5.41, 5.74) is 0.598. The van der Waals surface area contributed by atoms with Crippen molar-refractivity contribution in [1.82, 2.24) is 5.32 Å². The van der Waals surface area contributed by atoms with Crippen LogP contribution in [0.25, 0.3) is 0 Å². The normalized spacial score (nSPS) is 17.4. The van der Waals surface area contributed by atoms with E-state index < -0.39 is 11.2 Å². The molecule has 3 amide bonds. The van der Waals surface area contributed by atoms with E-state index in [2.05, 4.69) is 10.6 Å². The number of carboxylic acid groups (broad SMARTS) is 1. The molecule has 0 spiro atoms. The van der Waals surface area contributed by atoms with E-state index in [-0.39, 0.29) is 35.5 Å². The van der Waals surface area contributed by atoms with Gasteiger partial charge in [-0.1, -0.05) is 0 Å². The summed E-state index contributed by atoms with van der Waals surface area (Å²) in [5.74, 6) is -2.03. The Balaban J connectivity index is 1.83. The molecule has 2 rings (SSSR count). The molecule has 1 aromatic carbocycles. The Hall–Kier alpha value is -2.35. The van der Waals surface area contributed by atoms with E-state index in [1.54, 1.807) is 0 Å². The van der Waals surface area contributed by atoms with Gasteiger partial charge in [0.2, 0.25) is 17.7 Å². The summed E-state index contributed by atoms with van der Waals surface area (Å²) < 4.78 is 0. The summed E-state index contributed by atoms with van der Waals surface area (Å²) in [6.45, 7) is 0. The van der Waals surface area contributed by atoms with E-state index in [1.807, 2.05) is 0 Å². The number of carbonyl (C=O) groups is 4. The van der Waals surface area contributed by atoms with Crippen LogP contribution in [0.1, 0.15) is 16.8 Å². The van der Waals surface area contributed by atoms with Gasteiger partial charge in [0.05, 0.1) is 16.6 Å². The molecule has 1 aliphatic rings. The maximum atomic E-state index is 11.7. The molecule has 110 valence electrons. The van der Waals surface area contributed by atoms with Crippen LogP contribution in [0.3, 0.4) is 0 Å². The summed E-state index contributed by atoms with van der Waals surface area (Å²) in [5, 5.41) is 13.0. The van der Waals surface area contributed by atoms with Crippen LogP contribution in [-0.2, 0) is 14.4 Å². The van der Waals surface area contributed by atoms with Crippen molar-refractivity contribution in [3.63, 3.8) is 0 Å². The highest BCUT2D eigenvalue weighted by molar-refractivity contribution is 8.01. The maximum absolute atomic E-state index is 11.7. The van der Waals surface area contributed by atoms with Crippen molar-refractivity contribution in [1.29, 1.82) is 0 Å². The highest BCUT2D eigenvalue weighted by atomic mass is 32.2. The largest absolute Gasteiger partial charge is 0.478 e. The minimum Gasteiger partial charge on any atom is -0.478 e. The highest BCUT2D eigenvalue weighted by Crippen LogP contribution is 2.19. The molecular formula is C13H12N2O5S. The predicted molar refractivity (Wildman–Crippen MR) is 76.0 cm³/mol. The number of rotatable bonds is 5. The standard InChI is InChI=1S/C13H12N2O5S/c16-10-5-9(12(18)15-10)21-6-11(17)14-8-3-1-7(2-4-8)13(19)20/h1-4,9H,5-6H2,(H,14,17)(H,19,20)(H,15,16,18). The molecule has 1 atom stereocenters. The zero-order valence-corrected chi connectivity index (χ0v) is 11.6. The molecule has 0 bridgehead atoms. The molecule has 1 fully saturated rings. The Morgan fingerprint density at radius 3 is 2.48 bits per heavy atom. The van der Waals surface area contributed by atoms with Gasteiger partial charge in [0.1, 0.15) is 0 Å². The van der Waals surface area contributed by atoms with E-state index in [4.69, 9.17) is 5.11 Å². The number of hydrogen-bond donors (Lipinski definition) is 3. The molecule has 1 unspecified atom stereocenters. The number of carboxylic acids is 1. The molecule has 0 aromatic heterocycles. The van der Waals surface area contributed by atoms with Crippen molar-refractivity contribution < 1.29 is 24.3 Å². The van der Waals surface area contributed by atoms with Gasteiger partial charge in [-0.15, -0.1) is 11.8 Å². The van der Waals surface area contributed by atoms with Crippen LogP contribution in [0.15, 0.2) is 24.3 Å². The Bertz CT molecular complexity index is 599. The minimum atomic E-state index is -1.04. The van der Waals surface area contributed by atoms with Crippen molar-refractivity contribution in [3.8, 4) is 0 Å². The first-order valence-electron chi connectivity index (χ1n) is 6.04. The SMILES string of the molecule is O=C1CC(SCC(=O)Nc2ccc(C(=O)O)cc2)C(=O)N1. The maximum Gasteiger partial charge on any atom is 0.335 e. The molecule has 8 heteroatoms. The van der Waals surface area contributed by atoms with Gasteiger partial charge in [0, 0.05) is 12.1 Å². The Morgan fingerprint density at radius 1 is 1.29 bits per heavy atom. The lowest BCUT2D eigenvalue weighted by molar-refractivity contribution is -0.124. The molecule has 3 N–H and O–H groups in total. The van der Waals surface area contributed by atoms with Gasteiger partial charge in [-0.25, -0.2) is 4.79 Å². The van der Waals surface area contributed by atoms with E-state index in [0.717, 1.165) is 11.8 Å². The van der Waals surface area contributed by atoms with Gasteiger partial charge in [-0.2, -0.15) is 0 Å². The number of carbonyl (C=O) groups excluding carboxylic acids is 3. The fraction of sp³-hybridized carbons (Fsp3) is 0.231. The molecule has 7 nitrogen and oxygen atoms in total. The minimum absolute atomic E-state index is 0.0338. The zero-order chi connectivity index (χ0) is 15.4. The number of imide groups is 1. The quantitative estimate of drug-likeness (QED) is 0.682. The number of nitrogens with one attached hydrogen (secondary N) is 2. The first-order valence-corrected chi connectivity index (χ1v) is 7.09. The van der Waals surface area contributed by atoms with Crippen molar-refractivity contribution in [2.45, 2.75) is 11.7 Å². The average Bonchev–Trinajstić information content (AvgIpc) is 2.75. The number of aromatic carboxylic acids is 1. The van der Waals surface area contributed by atoms with Crippen LogP contribution in [0, 0.1) is 0 Å². The van der Waals surface area contributed by atoms with Gasteiger partial charge in [0.25, 0.3) is 0 Å². The van der Waals surface area contributed by atoms with Gasteiger partial charge < -0.3 is 10.4 Å². The second-order valence-corrected chi connectivity index (χ2v) is 5.54. The molecule has 1 aliphatic heterocycles. The predicted octanol–water partition coefficient (Wildman–Crippen LogP) is 0.472. The molecule has 21 heavy (non-hydrogen) atoms. The molecule has 1 saturated heterocycles. The molecule has 0 radical (unpaired) electrons. The van der Waals surface area contributed by atoms with Crippen molar-refractivity contribution in [2.75, 3.05) is 11.1 Å². The summed E-state index contributed by atoms with van der Waals surface area (Å²) in [4.78, 5) is 44.7. The Labute approximate surface area is 124 Å². The third-order valence-electron chi connectivity index (χ3n) is 2.76. The zero-order valence-electron chi connectivity index (χ0n) is 10.8. The Kier molecular flexibility index (Phi) is 4.59. The summed E-state index contributed by atoms with van der Waals surface area (Å²) in [6, 6.07) is 5.73. The van der Waals surface area contributed by atoms with Crippen LogP contribution in [0.2, 0.25) is 0 Å². The Morgan fingerprint density at radius 2 is 1.95 bits per heavy atom. The lowest BCUT2D eigenvalue weighted by atomic mass is 10.2. The van der Waals surface area contributed by atoms with E-state index in [0.29, 0.717) is 5.69 Å². The van der Waals surface area contributed by atoms with Gasteiger partial charge in [-0.05, 0) is 24.3 Å². The summed E-state index contributed by atoms with van der Waals surface area (Å²) in [6.07, 6.45) is 0.0874. The fourth-order valence-corrected chi connectivity index (χ4v) is 2.64. The number of amides is 3. The second-order valence-electron chi connectivity index (χ2n) is 4.35. The van der Waals surface area contributed by atoms with Crippen LogP contribution in [0.4, 0.5) is 5.69 Å². The molecule has 1 heterocycles. The van der Waals surface area contributed by atoms with Crippen molar-refractivity contribution in [3.05, 3.63) is 29.8 Å². The average molecular weight is 308 g/mol. The monoisotopic (exact) mass is 308 g/mol. The van der Waals surface area contributed by atoms with Gasteiger partial charge >= 0.3 is 5.97 Å². The van der Waals surface area contributed by atoms with Crippen LogP contribution >= 0.6 is 11.8 Å². The fourth-order valence-electron chi connectivity index (χ4n) is 1.73. The third-order valence-corrected chi connectivity index (χ3v) is 3.97. The topological polar surface area (TPSA) is 113 Å². The van der Waals surface area contributed by atoms with E-state index in [9.17, 15) is 19.2 Å². The number of hydrogen-bond acceptors (Lipinski definition) is 5. The summed E-state index contributed by atoms with van der Waals surface area (Å²) in [7, 11) is 0. The second kappa shape index (κ2) is 6.40. The van der Waals surface area contributed by atoms with E-state index in [1.165, 1.54) is 24.3 Å². The number of thioether (sulfide) groups is 1. The third kappa shape index (κ3) is 4.06. The van der Waals surface area contributed by atoms with Crippen LogP contribution < -0.4 is 10.6 Å². The van der Waals surface area contributed by atoms with Crippen molar-refractivity contribution in [2.24, 2.45) is 0 Å². The molecular weight excluding hydrogens is 296 g/mol. The smallest absolute Gasteiger partial charge is 0.335 e. The first kappa shape index (κ1) is 15.0. The van der Waals surface area contributed by atoms with Crippen LogP contribution in [-0.4, -0.2) is 39.8 Å². The molecule has 0 aliphatic carbocycles. The number of anilines is 1. The number of benzene rings is 1. The summed E-state index contributed by atoms with van der Waals surface area (Å²) >= 11 is 1.09. The molecule has 1 aromatic rings. The van der Waals surface area contributed by atoms with Gasteiger partial charge in [-0.3, -0.25) is 19.7 Å².